The third-order valence-electron chi connectivity index (χ3n) is 3.27. The van der Waals surface area contributed by atoms with Gasteiger partial charge in [0, 0.05) is 15.3 Å². The standard InChI is InChI=1S/C14H17BrOS/c15-12-8-4-5-9-14(12)17-10-13(16)11-6-2-1-3-7-11/h4-5,8-9,11H,1-3,6-7,10H2. The summed E-state index contributed by atoms with van der Waals surface area (Å²) in [6.07, 6.45) is 5.98. The zero-order chi connectivity index (χ0) is 12.1. The van der Waals surface area contributed by atoms with Crippen LogP contribution in [0.5, 0.6) is 0 Å². The fourth-order valence-corrected chi connectivity index (χ4v) is 3.80. The van der Waals surface area contributed by atoms with E-state index in [9.17, 15) is 4.79 Å². The van der Waals surface area contributed by atoms with Crippen molar-refractivity contribution in [1.29, 1.82) is 0 Å². The number of ketones is 1. The largest absolute Gasteiger partial charge is 0.298 e. The molecule has 92 valence electrons. The van der Waals surface area contributed by atoms with Gasteiger partial charge in [-0.3, -0.25) is 4.79 Å². The Bertz CT molecular complexity index is 386. The summed E-state index contributed by atoms with van der Waals surface area (Å²) < 4.78 is 1.08. The Morgan fingerprint density at radius 2 is 1.94 bits per heavy atom. The first-order valence-corrected chi connectivity index (χ1v) is 7.95. The Hall–Kier alpha value is -0.280. The van der Waals surface area contributed by atoms with Crippen molar-refractivity contribution in [1.82, 2.24) is 0 Å². The molecule has 0 aliphatic heterocycles. The van der Waals surface area contributed by atoms with E-state index in [0.717, 1.165) is 22.2 Å². The van der Waals surface area contributed by atoms with E-state index in [4.69, 9.17) is 0 Å². The first-order chi connectivity index (χ1) is 8.27. The molecule has 1 aromatic carbocycles. The monoisotopic (exact) mass is 312 g/mol. The van der Waals surface area contributed by atoms with E-state index in [-0.39, 0.29) is 0 Å². The molecule has 0 saturated heterocycles. The third-order valence-corrected chi connectivity index (χ3v) is 5.32. The predicted octanol–water partition coefficient (Wildman–Crippen LogP) is 4.69. The minimum Gasteiger partial charge on any atom is -0.298 e. The summed E-state index contributed by atoms with van der Waals surface area (Å²) >= 11 is 5.16. The molecule has 0 radical (unpaired) electrons. The zero-order valence-electron chi connectivity index (χ0n) is 9.82. The molecule has 0 spiro atoms. The van der Waals surface area contributed by atoms with Gasteiger partial charge >= 0.3 is 0 Å². The van der Waals surface area contributed by atoms with E-state index in [1.165, 1.54) is 19.3 Å². The number of benzene rings is 1. The van der Waals surface area contributed by atoms with Crippen LogP contribution < -0.4 is 0 Å². The van der Waals surface area contributed by atoms with E-state index in [0.29, 0.717) is 17.5 Å². The molecule has 0 heterocycles. The fourth-order valence-electron chi connectivity index (χ4n) is 2.25. The maximum atomic E-state index is 12.0. The number of halogens is 1. The van der Waals surface area contributed by atoms with Gasteiger partial charge in [-0.05, 0) is 40.9 Å². The predicted molar refractivity (Wildman–Crippen MR) is 76.4 cm³/mol. The van der Waals surface area contributed by atoms with Crippen LogP contribution in [-0.4, -0.2) is 11.5 Å². The van der Waals surface area contributed by atoms with Crippen LogP contribution in [0.2, 0.25) is 0 Å². The molecule has 0 unspecified atom stereocenters. The Labute approximate surface area is 115 Å². The summed E-state index contributed by atoms with van der Waals surface area (Å²) in [6, 6.07) is 8.09. The highest BCUT2D eigenvalue weighted by Crippen LogP contribution is 2.30. The molecular weight excluding hydrogens is 296 g/mol. The number of Topliss-reactive ketones (excluding diaryl/α,β-unsaturated/α-hetero) is 1. The maximum Gasteiger partial charge on any atom is 0.146 e. The summed E-state index contributed by atoms with van der Waals surface area (Å²) in [6.45, 7) is 0. The molecule has 1 fully saturated rings. The minimum atomic E-state index is 0.332. The number of carbonyl (C=O) groups excluding carboxylic acids is 1. The minimum absolute atomic E-state index is 0.332. The van der Waals surface area contributed by atoms with Crippen LogP contribution in [0.3, 0.4) is 0 Å². The van der Waals surface area contributed by atoms with Gasteiger partial charge < -0.3 is 0 Å². The average molecular weight is 313 g/mol. The highest BCUT2D eigenvalue weighted by molar-refractivity contribution is 9.10. The summed E-state index contributed by atoms with van der Waals surface area (Å²) in [5, 5.41) is 0. The average Bonchev–Trinajstić information content (AvgIpc) is 2.38. The van der Waals surface area contributed by atoms with Gasteiger partial charge in [-0.2, -0.15) is 0 Å². The SMILES string of the molecule is O=C(CSc1ccccc1Br)C1CCCCC1. The molecule has 1 saturated carbocycles. The van der Waals surface area contributed by atoms with Crippen LogP contribution in [0.15, 0.2) is 33.6 Å². The number of rotatable bonds is 4. The number of carbonyl (C=O) groups is 1. The van der Waals surface area contributed by atoms with Gasteiger partial charge in [0.25, 0.3) is 0 Å². The van der Waals surface area contributed by atoms with Crippen LogP contribution in [0.1, 0.15) is 32.1 Å². The second kappa shape index (κ2) is 6.60. The lowest BCUT2D eigenvalue weighted by molar-refractivity contribution is -0.121. The Morgan fingerprint density at radius 3 is 2.65 bits per heavy atom. The molecule has 1 aliphatic rings. The van der Waals surface area contributed by atoms with Gasteiger partial charge in [-0.15, -0.1) is 11.8 Å². The van der Waals surface area contributed by atoms with E-state index < -0.39 is 0 Å². The van der Waals surface area contributed by atoms with Crippen molar-refractivity contribution >= 4 is 33.5 Å². The summed E-state index contributed by atoms with van der Waals surface area (Å²) in [5.41, 5.74) is 0. The number of hydrogen-bond donors (Lipinski definition) is 0. The highest BCUT2D eigenvalue weighted by atomic mass is 79.9. The van der Waals surface area contributed by atoms with E-state index in [2.05, 4.69) is 22.0 Å². The smallest absolute Gasteiger partial charge is 0.146 e. The molecule has 0 atom stereocenters. The Kier molecular flexibility index (Phi) is 5.11. The van der Waals surface area contributed by atoms with E-state index in [1.54, 1.807) is 11.8 Å². The molecule has 1 aliphatic carbocycles. The summed E-state index contributed by atoms with van der Waals surface area (Å²) in [5.74, 6) is 1.39. The van der Waals surface area contributed by atoms with Crippen LogP contribution in [0.25, 0.3) is 0 Å². The van der Waals surface area contributed by atoms with Crippen molar-refractivity contribution in [2.45, 2.75) is 37.0 Å². The van der Waals surface area contributed by atoms with Gasteiger partial charge in [0.1, 0.15) is 5.78 Å². The molecule has 2 rings (SSSR count). The summed E-state index contributed by atoms with van der Waals surface area (Å²) in [7, 11) is 0. The molecule has 0 bridgehead atoms. The van der Waals surface area contributed by atoms with Crippen molar-refractivity contribution in [3.63, 3.8) is 0 Å². The molecule has 0 N–H and O–H groups in total. The quantitative estimate of drug-likeness (QED) is 0.750. The first-order valence-electron chi connectivity index (χ1n) is 6.17. The van der Waals surface area contributed by atoms with Crippen molar-refractivity contribution in [2.24, 2.45) is 5.92 Å². The Balaban J connectivity index is 1.85. The van der Waals surface area contributed by atoms with Crippen LogP contribution in [-0.2, 0) is 4.79 Å². The normalized spacial score (nSPS) is 17.0. The lowest BCUT2D eigenvalue weighted by Gasteiger charge is -2.20. The number of hydrogen-bond acceptors (Lipinski definition) is 2. The molecular formula is C14H17BrOS. The van der Waals surface area contributed by atoms with E-state index >= 15 is 0 Å². The lowest BCUT2D eigenvalue weighted by Crippen LogP contribution is -2.19. The molecule has 1 nitrogen and oxygen atoms in total. The van der Waals surface area contributed by atoms with Crippen LogP contribution in [0, 0.1) is 5.92 Å². The highest BCUT2D eigenvalue weighted by Gasteiger charge is 2.20. The first kappa shape index (κ1) is 13.2. The van der Waals surface area contributed by atoms with Crippen molar-refractivity contribution in [3.05, 3.63) is 28.7 Å². The molecule has 0 aromatic heterocycles. The van der Waals surface area contributed by atoms with Crippen molar-refractivity contribution in [2.75, 3.05) is 5.75 Å². The molecule has 17 heavy (non-hydrogen) atoms. The second-order valence-electron chi connectivity index (χ2n) is 4.52. The van der Waals surface area contributed by atoms with Gasteiger partial charge in [0.05, 0.1) is 5.75 Å². The van der Waals surface area contributed by atoms with Gasteiger partial charge in [0.2, 0.25) is 0 Å². The number of thioether (sulfide) groups is 1. The van der Waals surface area contributed by atoms with Gasteiger partial charge in [0.15, 0.2) is 0 Å². The topological polar surface area (TPSA) is 17.1 Å². The van der Waals surface area contributed by atoms with Gasteiger partial charge in [-0.1, -0.05) is 31.4 Å². The van der Waals surface area contributed by atoms with Crippen LogP contribution in [0.4, 0.5) is 0 Å². The van der Waals surface area contributed by atoms with Crippen molar-refractivity contribution < 1.29 is 4.79 Å². The molecule has 3 heteroatoms. The lowest BCUT2D eigenvalue weighted by atomic mass is 9.87. The third kappa shape index (κ3) is 3.85. The van der Waals surface area contributed by atoms with Gasteiger partial charge in [-0.25, -0.2) is 0 Å². The zero-order valence-corrected chi connectivity index (χ0v) is 12.2. The van der Waals surface area contributed by atoms with E-state index in [1.807, 2.05) is 18.2 Å². The van der Waals surface area contributed by atoms with Crippen molar-refractivity contribution in [3.8, 4) is 0 Å². The molecule has 0 amide bonds. The van der Waals surface area contributed by atoms with Crippen LogP contribution >= 0.6 is 27.7 Å². The summed E-state index contributed by atoms with van der Waals surface area (Å²) in [4.78, 5) is 13.2. The Morgan fingerprint density at radius 1 is 1.24 bits per heavy atom. The molecule has 1 aromatic rings. The second-order valence-corrected chi connectivity index (χ2v) is 6.39. The fraction of sp³-hybridized carbons (Fsp3) is 0.500. The maximum absolute atomic E-state index is 12.0.